The van der Waals surface area contributed by atoms with Crippen LogP contribution in [0.2, 0.25) is 0 Å². The van der Waals surface area contributed by atoms with Crippen LogP contribution in [-0.4, -0.2) is 0 Å². The van der Waals surface area contributed by atoms with Crippen LogP contribution >= 0.6 is 27.3 Å². The summed E-state index contributed by atoms with van der Waals surface area (Å²) in [5.41, 5.74) is 2.85. The van der Waals surface area contributed by atoms with E-state index in [9.17, 15) is 0 Å². The highest BCUT2D eigenvalue weighted by Gasteiger charge is 2.03. The van der Waals surface area contributed by atoms with Crippen molar-refractivity contribution in [1.29, 1.82) is 0 Å². The Morgan fingerprint density at radius 3 is 2.50 bits per heavy atom. The summed E-state index contributed by atoms with van der Waals surface area (Å²) < 4.78 is 1.22. The van der Waals surface area contributed by atoms with E-state index in [0.29, 0.717) is 0 Å². The zero-order valence-corrected chi connectivity index (χ0v) is 13.2. The zero-order chi connectivity index (χ0) is 13.0. The average molecular weight is 324 g/mol. The van der Waals surface area contributed by atoms with Gasteiger partial charge >= 0.3 is 0 Å². The molecule has 1 aromatic heterocycles. The van der Waals surface area contributed by atoms with Crippen LogP contribution in [0.4, 0.5) is 0 Å². The van der Waals surface area contributed by atoms with Crippen molar-refractivity contribution in [3.63, 3.8) is 0 Å². The summed E-state index contributed by atoms with van der Waals surface area (Å²) in [7, 11) is 0. The molecule has 0 unspecified atom stereocenters. The van der Waals surface area contributed by atoms with Crippen LogP contribution in [0.5, 0.6) is 0 Å². The Bertz CT molecular complexity index is 499. The number of benzene rings is 1. The maximum absolute atomic E-state index is 3.56. The second-order valence-electron chi connectivity index (χ2n) is 4.34. The highest BCUT2D eigenvalue weighted by Crippen LogP contribution is 2.26. The molecular weight excluding hydrogens is 306 g/mol. The van der Waals surface area contributed by atoms with Crippen molar-refractivity contribution in [3.8, 4) is 0 Å². The number of hydrogen-bond donors (Lipinski definition) is 1. The Morgan fingerprint density at radius 1 is 1.17 bits per heavy atom. The van der Waals surface area contributed by atoms with Crippen LogP contribution in [0.1, 0.15) is 27.8 Å². The summed E-state index contributed by atoms with van der Waals surface area (Å²) in [6.45, 7) is 6.23. The molecule has 0 amide bonds. The van der Waals surface area contributed by atoms with Gasteiger partial charge in [0.15, 0.2) is 0 Å². The number of thiophene rings is 1. The third kappa shape index (κ3) is 3.44. The van der Waals surface area contributed by atoms with E-state index in [1.54, 1.807) is 0 Å². The highest BCUT2D eigenvalue weighted by atomic mass is 79.9. The molecule has 3 heteroatoms. The number of halogens is 1. The third-order valence-electron chi connectivity index (χ3n) is 3.02. The number of aryl methyl sites for hydroxylation is 2. The van der Waals surface area contributed by atoms with Crippen LogP contribution in [0.3, 0.4) is 0 Å². The van der Waals surface area contributed by atoms with Crippen molar-refractivity contribution < 1.29 is 0 Å². The fourth-order valence-electron chi connectivity index (χ4n) is 2.00. The molecule has 1 nitrogen and oxygen atoms in total. The van der Waals surface area contributed by atoms with Crippen molar-refractivity contribution in [1.82, 2.24) is 5.32 Å². The fraction of sp³-hybridized carbons (Fsp3) is 0.333. The molecule has 0 radical (unpaired) electrons. The molecule has 2 aromatic rings. The zero-order valence-electron chi connectivity index (χ0n) is 10.8. The standard InChI is InChI=1S/C15H18BrNS/c1-3-12-6-4-5-7-13(12)9-17-10-14-8-15(16)11(2)18-14/h4-8,17H,3,9-10H2,1-2H3. The molecule has 0 aliphatic heterocycles. The third-order valence-corrected chi connectivity index (χ3v) is 5.16. The molecule has 0 saturated carbocycles. The van der Waals surface area contributed by atoms with Gasteiger partial charge in [-0.15, -0.1) is 11.3 Å². The second kappa shape index (κ2) is 6.50. The van der Waals surface area contributed by atoms with E-state index in [-0.39, 0.29) is 0 Å². The van der Waals surface area contributed by atoms with Crippen LogP contribution in [0, 0.1) is 6.92 Å². The number of hydrogen-bond acceptors (Lipinski definition) is 2. The van der Waals surface area contributed by atoms with Crippen LogP contribution in [0.25, 0.3) is 0 Å². The molecule has 0 spiro atoms. The SMILES string of the molecule is CCc1ccccc1CNCc1cc(Br)c(C)s1. The first-order valence-corrected chi connectivity index (χ1v) is 7.84. The summed E-state index contributed by atoms with van der Waals surface area (Å²) in [5.74, 6) is 0. The largest absolute Gasteiger partial charge is 0.308 e. The number of rotatable bonds is 5. The molecule has 0 saturated heterocycles. The Hall–Kier alpha value is -0.640. The van der Waals surface area contributed by atoms with Crippen molar-refractivity contribution in [2.24, 2.45) is 0 Å². The Kier molecular flexibility index (Phi) is 4.98. The van der Waals surface area contributed by atoms with Crippen molar-refractivity contribution in [2.75, 3.05) is 0 Å². The van der Waals surface area contributed by atoms with Crippen molar-refractivity contribution in [3.05, 3.63) is 55.7 Å². The van der Waals surface area contributed by atoms with Gasteiger partial charge in [0.2, 0.25) is 0 Å². The van der Waals surface area contributed by atoms with Gasteiger partial charge in [-0.05, 0) is 46.5 Å². The summed E-state index contributed by atoms with van der Waals surface area (Å²) in [5, 5.41) is 3.52. The molecule has 0 aliphatic carbocycles. The quantitative estimate of drug-likeness (QED) is 0.843. The lowest BCUT2D eigenvalue weighted by atomic mass is 10.1. The number of nitrogens with one attached hydrogen (secondary N) is 1. The van der Waals surface area contributed by atoms with Gasteiger partial charge in [-0.1, -0.05) is 31.2 Å². The van der Waals surface area contributed by atoms with Gasteiger partial charge in [0, 0.05) is 27.3 Å². The van der Waals surface area contributed by atoms with E-state index in [1.807, 2.05) is 11.3 Å². The molecular formula is C15H18BrNS. The Morgan fingerprint density at radius 2 is 1.89 bits per heavy atom. The molecule has 18 heavy (non-hydrogen) atoms. The van der Waals surface area contributed by atoms with Gasteiger partial charge in [-0.25, -0.2) is 0 Å². The topological polar surface area (TPSA) is 12.0 Å². The normalized spacial score (nSPS) is 10.8. The highest BCUT2D eigenvalue weighted by molar-refractivity contribution is 9.10. The van der Waals surface area contributed by atoms with Crippen molar-refractivity contribution >= 4 is 27.3 Å². The minimum absolute atomic E-state index is 0.940. The molecule has 1 N–H and O–H groups in total. The minimum Gasteiger partial charge on any atom is -0.308 e. The van der Waals surface area contributed by atoms with E-state index >= 15 is 0 Å². The van der Waals surface area contributed by atoms with Crippen LogP contribution < -0.4 is 5.32 Å². The van der Waals surface area contributed by atoms with Gasteiger partial charge < -0.3 is 5.32 Å². The predicted octanol–water partition coefficient (Wildman–Crippen LogP) is 4.67. The van der Waals surface area contributed by atoms with E-state index in [2.05, 4.69) is 65.4 Å². The van der Waals surface area contributed by atoms with Gasteiger partial charge in [-0.2, -0.15) is 0 Å². The van der Waals surface area contributed by atoms with Gasteiger partial charge in [0.05, 0.1) is 0 Å². The molecule has 1 heterocycles. The van der Waals surface area contributed by atoms with Crippen molar-refractivity contribution in [2.45, 2.75) is 33.4 Å². The monoisotopic (exact) mass is 323 g/mol. The van der Waals surface area contributed by atoms with E-state index in [4.69, 9.17) is 0 Å². The summed E-state index contributed by atoms with van der Waals surface area (Å²) >= 11 is 5.41. The summed E-state index contributed by atoms with van der Waals surface area (Å²) in [6.07, 6.45) is 1.10. The molecule has 1 aromatic carbocycles. The molecule has 2 rings (SSSR count). The molecule has 96 valence electrons. The lowest BCUT2D eigenvalue weighted by Crippen LogP contribution is -2.13. The summed E-state index contributed by atoms with van der Waals surface area (Å²) in [4.78, 5) is 2.73. The average Bonchev–Trinajstić information content (AvgIpc) is 2.69. The fourth-order valence-corrected chi connectivity index (χ4v) is 3.57. The van der Waals surface area contributed by atoms with Crippen LogP contribution in [-0.2, 0) is 19.5 Å². The predicted molar refractivity (Wildman–Crippen MR) is 83.1 cm³/mol. The van der Waals surface area contributed by atoms with E-state index < -0.39 is 0 Å². The summed E-state index contributed by atoms with van der Waals surface area (Å²) in [6, 6.07) is 10.9. The molecule has 0 atom stereocenters. The van der Waals surface area contributed by atoms with Crippen LogP contribution in [0.15, 0.2) is 34.8 Å². The first-order chi connectivity index (χ1) is 8.70. The minimum atomic E-state index is 0.940. The van der Waals surface area contributed by atoms with Gasteiger partial charge in [-0.3, -0.25) is 0 Å². The maximum Gasteiger partial charge on any atom is 0.0314 e. The molecule has 0 bridgehead atoms. The Balaban J connectivity index is 1.92. The van der Waals surface area contributed by atoms with Gasteiger partial charge in [0.1, 0.15) is 0 Å². The molecule has 0 fully saturated rings. The first-order valence-electron chi connectivity index (χ1n) is 6.23. The van der Waals surface area contributed by atoms with Gasteiger partial charge in [0.25, 0.3) is 0 Å². The van der Waals surface area contributed by atoms with E-state index in [0.717, 1.165) is 19.5 Å². The second-order valence-corrected chi connectivity index (χ2v) is 6.54. The molecule has 0 aliphatic rings. The lowest BCUT2D eigenvalue weighted by molar-refractivity contribution is 0.695. The smallest absolute Gasteiger partial charge is 0.0314 e. The first kappa shape index (κ1) is 13.8. The van der Waals surface area contributed by atoms with E-state index in [1.165, 1.54) is 25.4 Å². The Labute approximate surface area is 121 Å². The lowest BCUT2D eigenvalue weighted by Gasteiger charge is -2.08. The maximum atomic E-state index is 3.56.